The first-order valence-corrected chi connectivity index (χ1v) is 8.22. The van der Waals surface area contributed by atoms with E-state index >= 15 is 0 Å². The Kier molecular flexibility index (Phi) is 5.97. The quantitative estimate of drug-likeness (QED) is 0.884. The molecule has 0 spiro atoms. The minimum absolute atomic E-state index is 0.0155. The molecule has 2 rings (SSSR count). The third-order valence-electron chi connectivity index (χ3n) is 3.66. The lowest BCUT2D eigenvalue weighted by molar-refractivity contribution is -0.138. The second-order valence-electron chi connectivity index (χ2n) is 5.61. The highest BCUT2D eigenvalue weighted by molar-refractivity contribution is 9.10. The van der Waals surface area contributed by atoms with Crippen LogP contribution in [0.4, 0.5) is 0 Å². The highest BCUT2D eigenvalue weighted by Gasteiger charge is 2.30. The van der Waals surface area contributed by atoms with Crippen LogP contribution in [0.5, 0.6) is 0 Å². The Morgan fingerprint density at radius 1 is 1.23 bits per heavy atom. The van der Waals surface area contributed by atoms with E-state index in [-0.39, 0.29) is 17.7 Å². The Morgan fingerprint density at radius 2 is 1.86 bits per heavy atom. The lowest BCUT2D eigenvalue weighted by Gasteiger charge is -2.32. The lowest BCUT2D eigenvalue weighted by Crippen LogP contribution is -2.53. The highest BCUT2D eigenvalue weighted by Crippen LogP contribution is 2.17. The first kappa shape index (κ1) is 17.0. The van der Waals surface area contributed by atoms with Gasteiger partial charge in [0, 0.05) is 17.6 Å². The molecule has 1 saturated heterocycles. The first-order valence-electron chi connectivity index (χ1n) is 7.42. The molecule has 5 nitrogen and oxygen atoms in total. The van der Waals surface area contributed by atoms with Gasteiger partial charge in [-0.1, -0.05) is 26.0 Å². The van der Waals surface area contributed by atoms with E-state index in [0.29, 0.717) is 36.3 Å². The SMILES string of the molecule is CC(C)[C@H](NC(=O)c1ccccc1Br)C(=O)N1CCOCC1. The molecule has 1 aliphatic heterocycles. The van der Waals surface area contributed by atoms with Crippen molar-refractivity contribution in [1.82, 2.24) is 10.2 Å². The third kappa shape index (κ3) is 4.08. The summed E-state index contributed by atoms with van der Waals surface area (Å²) in [5.74, 6) is -0.270. The molecular weight excluding hydrogens is 348 g/mol. The molecule has 1 aromatic carbocycles. The number of amides is 2. The maximum atomic E-state index is 12.6. The van der Waals surface area contributed by atoms with E-state index in [0.717, 1.165) is 0 Å². The molecule has 0 aromatic heterocycles. The third-order valence-corrected chi connectivity index (χ3v) is 4.35. The van der Waals surface area contributed by atoms with Gasteiger partial charge < -0.3 is 15.0 Å². The molecule has 120 valence electrons. The molecule has 0 unspecified atom stereocenters. The molecule has 1 aliphatic rings. The Morgan fingerprint density at radius 3 is 2.45 bits per heavy atom. The van der Waals surface area contributed by atoms with Gasteiger partial charge >= 0.3 is 0 Å². The molecule has 0 radical (unpaired) electrons. The van der Waals surface area contributed by atoms with Gasteiger partial charge in [-0.3, -0.25) is 9.59 Å². The summed E-state index contributed by atoms with van der Waals surface area (Å²) in [5.41, 5.74) is 0.530. The second kappa shape index (κ2) is 7.74. The number of hydrogen-bond acceptors (Lipinski definition) is 3. The molecule has 6 heteroatoms. The average Bonchev–Trinajstić information content (AvgIpc) is 2.52. The van der Waals surface area contributed by atoms with Crippen LogP contribution in [-0.4, -0.2) is 49.1 Å². The van der Waals surface area contributed by atoms with Gasteiger partial charge in [0.1, 0.15) is 6.04 Å². The minimum Gasteiger partial charge on any atom is -0.378 e. The molecule has 1 N–H and O–H groups in total. The van der Waals surface area contributed by atoms with Crippen LogP contribution in [0, 0.1) is 5.92 Å². The standard InChI is InChI=1S/C16H21BrN2O3/c1-11(2)14(16(21)19-7-9-22-10-8-19)18-15(20)12-5-3-4-6-13(12)17/h3-6,11,14H,7-10H2,1-2H3,(H,18,20)/t14-/m0/s1. The summed E-state index contributed by atoms with van der Waals surface area (Å²) in [6.45, 7) is 6.12. The van der Waals surface area contributed by atoms with Crippen molar-refractivity contribution in [2.75, 3.05) is 26.3 Å². The number of halogens is 1. The number of rotatable bonds is 4. The number of nitrogens with zero attached hydrogens (tertiary/aromatic N) is 1. The molecule has 0 bridgehead atoms. The fourth-order valence-electron chi connectivity index (χ4n) is 2.36. The summed E-state index contributed by atoms with van der Waals surface area (Å²) < 4.78 is 5.99. The maximum Gasteiger partial charge on any atom is 0.253 e. The van der Waals surface area contributed by atoms with E-state index in [2.05, 4.69) is 21.2 Å². The van der Waals surface area contributed by atoms with Crippen LogP contribution >= 0.6 is 15.9 Å². The van der Waals surface area contributed by atoms with Crippen LogP contribution in [0.15, 0.2) is 28.7 Å². The molecule has 1 aromatic rings. The summed E-state index contributed by atoms with van der Waals surface area (Å²) in [6.07, 6.45) is 0. The van der Waals surface area contributed by atoms with Crippen molar-refractivity contribution < 1.29 is 14.3 Å². The number of hydrogen-bond donors (Lipinski definition) is 1. The van der Waals surface area contributed by atoms with Crippen LogP contribution in [0.25, 0.3) is 0 Å². The topological polar surface area (TPSA) is 58.6 Å². The van der Waals surface area contributed by atoms with Crippen molar-refractivity contribution in [3.63, 3.8) is 0 Å². The van der Waals surface area contributed by atoms with Gasteiger partial charge in [-0.2, -0.15) is 0 Å². The fourth-order valence-corrected chi connectivity index (χ4v) is 2.82. The maximum absolute atomic E-state index is 12.6. The summed E-state index contributed by atoms with van der Waals surface area (Å²) in [6, 6.07) is 6.66. The summed E-state index contributed by atoms with van der Waals surface area (Å²) >= 11 is 3.36. The second-order valence-corrected chi connectivity index (χ2v) is 6.47. The molecule has 1 fully saturated rings. The zero-order valence-electron chi connectivity index (χ0n) is 12.8. The van der Waals surface area contributed by atoms with Crippen LogP contribution in [0.2, 0.25) is 0 Å². The summed E-state index contributed by atoms with van der Waals surface area (Å²) in [4.78, 5) is 26.8. The molecule has 2 amide bonds. The highest BCUT2D eigenvalue weighted by atomic mass is 79.9. The van der Waals surface area contributed by atoms with Gasteiger partial charge in [-0.25, -0.2) is 0 Å². The van der Waals surface area contributed by atoms with Gasteiger partial charge in [0.15, 0.2) is 0 Å². The van der Waals surface area contributed by atoms with Crippen LogP contribution < -0.4 is 5.32 Å². The van der Waals surface area contributed by atoms with Crippen LogP contribution in [-0.2, 0) is 9.53 Å². The monoisotopic (exact) mass is 368 g/mol. The fraction of sp³-hybridized carbons (Fsp3) is 0.500. The van der Waals surface area contributed by atoms with Gasteiger partial charge in [0.05, 0.1) is 18.8 Å². The van der Waals surface area contributed by atoms with Crippen molar-refractivity contribution in [3.8, 4) is 0 Å². The van der Waals surface area contributed by atoms with E-state index < -0.39 is 6.04 Å². The van der Waals surface area contributed by atoms with Gasteiger partial charge in [0.25, 0.3) is 5.91 Å². The molecule has 1 heterocycles. The Labute approximate surface area is 139 Å². The Hall–Kier alpha value is -1.40. The normalized spacial score (nSPS) is 16.5. The molecule has 0 saturated carbocycles. The van der Waals surface area contributed by atoms with Crippen molar-refractivity contribution in [2.24, 2.45) is 5.92 Å². The number of nitrogens with one attached hydrogen (secondary N) is 1. The van der Waals surface area contributed by atoms with E-state index in [4.69, 9.17) is 4.74 Å². The van der Waals surface area contributed by atoms with Crippen molar-refractivity contribution in [2.45, 2.75) is 19.9 Å². The summed E-state index contributed by atoms with van der Waals surface area (Å²) in [7, 11) is 0. The zero-order valence-corrected chi connectivity index (χ0v) is 14.4. The molecule has 0 aliphatic carbocycles. The molecule has 1 atom stereocenters. The van der Waals surface area contributed by atoms with E-state index in [1.807, 2.05) is 26.0 Å². The van der Waals surface area contributed by atoms with Crippen molar-refractivity contribution in [3.05, 3.63) is 34.3 Å². The zero-order chi connectivity index (χ0) is 16.1. The van der Waals surface area contributed by atoms with E-state index in [1.165, 1.54) is 0 Å². The van der Waals surface area contributed by atoms with Crippen molar-refractivity contribution >= 4 is 27.7 Å². The van der Waals surface area contributed by atoms with Crippen LogP contribution in [0.3, 0.4) is 0 Å². The number of ether oxygens (including phenoxy) is 1. The number of carbonyl (C=O) groups is 2. The number of carbonyl (C=O) groups excluding carboxylic acids is 2. The number of morpholine rings is 1. The summed E-state index contributed by atoms with van der Waals surface area (Å²) in [5, 5.41) is 2.87. The van der Waals surface area contributed by atoms with Gasteiger partial charge in [-0.05, 0) is 34.0 Å². The van der Waals surface area contributed by atoms with Crippen molar-refractivity contribution in [1.29, 1.82) is 0 Å². The van der Waals surface area contributed by atoms with Gasteiger partial charge in [0.2, 0.25) is 5.91 Å². The minimum atomic E-state index is -0.530. The molecular formula is C16H21BrN2O3. The van der Waals surface area contributed by atoms with E-state index in [1.54, 1.807) is 17.0 Å². The lowest BCUT2D eigenvalue weighted by atomic mass is 10.0. The van der Waals surface area contributed by atoms with Crippen LogP contribution in [0.1, 0.15) is 24.2 Å². The van der Waals surface area contributed by atoms with Gasteiger partial charge in [-0.15, -0.1) is 0 Å². The smallest absolute Gasteiger partial charge is 0.253 e. The number of benzene rings is 1. The predicted molar refractivity (Wildman–Crippen MR) is 87.6 cm³/mol. The Bertz CT molecular complexity index is 542. The Balaban J connectivity index is 2.10. The largest absolute Gasteiger partial charge is 0.378 e. The predicted octanol–water partition coefficient (Wildman–Crippen LogP) is 2.06. The molecule has 22 heavy (non-hydrogen) atoms. The first-order chi connectivity index (χ1) is 10.5. The van der Waals surface area contributed by atoms with E-state index in [9.17, 15) is 9.59 Å². The average molecular weight is 369 g/mol.